The first-order valence-electron chi connectivity index (χ1n) is 4.89. The zero-order chi connectivity index (χ0) is 11.5. The molecular formula is C12H11BrFNO. The van der Waals surface area contributed by atoms with Crippen molar-refractivity contribution in [1.82, 2.24) is 5.32 Å². The van der Waals surface area contributed by atoms with E-state index in [1.165, 1.54) is 12.1 Å². The van der Waals surface area contributed by atoms with Gasteiger partial charge in [0, 0.05) is 10.0 Å². The maximum Gasteiger partial charge on any atom is 0.135 e. The third-order valence-electron chi connectivity index (χ3n) is 2.21. The Kier molecular flexibility index (Phi) is 3.41. The van der Waals surface area contributed by atoms with E-state index in [9.17, 15) is 4.39 Å². The highest BCUT2D eigenvalue weighted by Gasteiger charge is 2.08. The summed E-state index contributed by atoms with van der Waals surface area (Å²) in [6.45, 7) is 0.679. The van der Waals surface area contributed by atoms with Crippen LogP contribution >= 0.6 is 15.9 Å². The molecule has 0 aliphatic heterocycles. The Morgan fingerprint density at radius 2 is 2.12 bits per heavy atom. The standard InChI is InChI=1S/C12H11BrFNO/c1-15-7-9-3-5-12(16-9)10-4-2-8(14)6-11(10)13/h2-6,15H,7H2,1H3. The van der Waals surface area contributed by atoms with E-state index in [1.54, 1.807) is 6.07 Å². The fourth-order valence-electron chi connectivity index (χ4n) is 1.48. The third-order valence-corrected chi connectivity index (χ3v) is 2.87. The van der Waals surface area contributed by atoms with E-state index in [4.69, 9.17) is 4.42 Å². The Balaban J connectivity index is 2.35. The summed E-state index contributed by atoms with van der Waals surface area (Å²) in [6.07, 6.45) is 0. The van der Waals surface area contributed by atoms with Crippen molar-refractivity contribution >= 4 is 15.9 Å². The van der Waals surface area contributed by atoms with Gasteiger partial charge in [-0.2, -0.15) is 0 Å². The maximum absolute atomic E-state index is 12.9. The summed E-state index contributed by atoms with van der Waals surface area (Å²) in [6, 6.07) is 8.32. The van der Waals surface area contributed by atoms with Gasteiger partial charge in [-0.1, -0.05) is 0 Å². The van der Waals surface area contributed by atoms with Crippen LogP contribution in [0.3, 0.4) is 0 Å². The number of benzene rings is 1. The van der Waals surface area contributed by atoms with Crippen molar-refractivity contribution in [3.8, 4) is 11.3 Å². The molecule has 1 heterocycles. The van der Waals surface area contributed by atoms with Crippen molar-refractivity contribution in [3.05, 3.63) is 46.4 Å². The van der Waals surface area contributed by atoms with Gasteiger partial charge >= 0.3 is 0 Å². The van der Waals surface area contributed by atoms with Gasteiger partial charge in [-0.05, 0) is 53.3 Å². The molecule has 16 heavy (non-hydrogen) atoms. The molecule has 1 aromatic carbocycles. The van der Waals surface area contributed by atoms with Gasteiger partial charge in [-0.25, -0.2) is 4.39 Å². The molecule has 0 saturated carbocycles. The van der Waals surface area contributed by atoms with E-state index < -0.39 is 0 Å². The zero-order valence-corrected chi connectivity index (χ0v) is 10.3. The van der Waals surface area contributed by atoms with Gasteiger partial charge in [-0.3, -0.25) is 0 Å². The lowest BCUT2D eigenvalue weighted by Crippen LogP contribution is -2.03. The van der Waals surface area contributed by atoms with Gasteiger partial charge in [0.15, 0.2) is 0 Å². The number of hydrogen-bond acceptors (Lipinski definition) is 2. The molecule has 2 aromatic rings. The van der Waals surface area contributed by atoms with Crippen molar-refractivity contribution in [1.29, 1.82) is 0 Å². The van der Waals surface area contributed by atoms with Gasteiger partial charge in [0.25, 0.3) is 0 Å². The smallest absolute Gasteiger partial charge is 0.135 e. The summed E-state index contributed by atoms with van der Waals surface area (Å²) >= 11 is 3.32. The SMILES string of the molecule is CNCc1ccc(-c2ccc(F)cc2Br)o1. The molecule has 0 fully saturated rings. The fraction of sp³-hybridized carbons (Fsp3) is 0.167. The monoisotopic (exact) mass is 283 g/mol. The quantitative estimate of drug-likeness (QED) is 0.932. The lowest BCUT2D eigenvalue weighted by atomic mass is 10.2. The maximum atomic E-state index is 12.9. The molecule has 0 radical (unpaired) electrons. The number of nitrogens with one attached hydrogen (secondary N) is 1. The zero-order valence-electron chi connectivity index (χ0n) is 8.76. The molecular weight excluding hydrogens is 273 g/mol. The molecule has 0 atom stereocenters. The molecule has 0 unspecified atom stereocenters. The van der Waals surface area contributed by atoms with Crippen molar-refractivity contribution < 1.29 is 8.81 Å². The molecule has 2 rings (SSSR count). The van der Waals surface area contributed by atoms with Crippen LogP contribution in [0, 0.1) is 5.82 Å². The van der Waals surface area contributed by atoms with Crippen LogP contribution in [0.15, 0.2) is 39.2 Å². The van der Waals surface area contributed by atoms with Crippen LogP contribution in [0.25, 0.3) is 11.3 Å². The molecule has 0 saturated heterocycles. The number of rotatable bonds is 3. The van der Waals surface area contributed by atoms with Crippen LogP contribution in [0.5, 0.6) is 0 Å². The van der Waals surface area contributed by atoms with Gasteiger partial charge in [-0.15, -0.1) is 0 Å². The Labute approximate surface area is 102 Å². The molecule has 0 aliphatic carbocycles. The van der Waals surface area contributed by atoms with E-state index in [0.29, 0.717) is 11.0 Å². The van der Waals surface area contributed by atoms with E-state index in [-0.39, 0.29) is 5.82 Å². The average Bonchev–Trinajstić information content (AvgIpc) is 2.67. The largest absolute Gasteiger partial charge is 0.460 e. The lowest BCUT2D eigenvalue weighted by molar-refractivity contribution is 0.507. The summed E-state index contributed by atoms with van der Waals surface area (Å²) in [5, 5.41) is 3.01. The minimum absolute atomic E-state index is 0.266. The predicted octanol–water partition coefficient (Wildman–Crippen LogP) is 3.57. The summed E-state index contributed by atoms with van der Waals surface area (Å²) < 4.78 is 19.2. The molecule has 1 N–H and O–H groups in total. The van der Waals surface area contributed by atoms with Gasteiger partial charge in [0.1, 0.15) is 17.3 Å². The Morgan fingerprint density at radius 3 is 2.81 bits per heavy atom. The number of hydrogen-bond donors (Lipinski definition) is 1. The van der Waals surface area contributed by atoms with E-state index in [0.717, 1.165) is 17.1 Å². The van der Waals surface area contributed by atoms with Crippen LogP contribution in [-0.4, -0.2) is 7.05 Å². The molecule has 1 aromatic heterocycles. The lowest BCUT2D eigenvalue weighted by Gasteiger charge is -2.01. The average molecular weight is 284 g/mol. The highest BCUT2D eigenvalue weighted by Crippen LogP contribution is 2.30. The van der Waals surface area contributed by atoms with Crippen molar-refractivity contribution in [3.63, 3.8) is 0 Å². The highest BCUT2D eigenvalue weighted by molar-refractivity contribution is 9.10. The van der Waals surface area contributed by atoms with Crippen molar-refractivity contribution in [2.24, 2.45) is 0 Å². The van der Waals surface area contributed by atoms with E-state index in [1.807, 2.05) is 19.2 Å². The molecule has 4 heteroatoms. The number of halogens is 2. The second kappa shape index (κ2) is 4.80. The predicted molar refractivity (Wildman–Crippen MR) is 64.6 cm³/mol. The Morgan fingerprint density at radius 1 is 1.31 bits per heavy atom. The molecule has 84 valence electrons. The van der Waals surface area contributed by atoms with Crippen LogP contribution in [0.4, 0.5) is 4.39 Å². The second-order valence-corrected chi connectivity index (χ2v) is 4.27. The molecule has 0 aliphatic rings. The van der Waals surface area contributed by atoms with Crippen molar-refractivity contribution in [2.75, 3.05) is 7.05 Å². The van der Waals surface area contributed by atoms with Crippen LogP contribution < -0.4 is 5.32 Å². The minimum atomic E-state index is -0.266. The molecule has 0 bridgehead atoms. The first-order valence-corrected chi connectivity index (χ1v) is 5.69. The first-order chi connectivity index (χ1) is 7.70. The molecule has 0 spiro atoms. The second-order valence-electron chi connectivity index (χ2n) is 3.42. The van der Waals surface area contributed by atoms with E-state index >= 15 is 0 Å². The normalized spacial score (nSPS) is 10.7. The summed E-state index contributed by atoms with van der Waals surface area (Å²) in [7, 11) is 1.86. The first kappa shape index (κ1) is 11.4. The van der Waals surface area contributed by atoms with Crippen LogP contribution in [0.1, 0.15) is 5.76 Å². The molecule has 2 nitrogen and oxygen atoms in total. The van der Waals surface area contributed by atoms with E-state index in [2.05, 4.69) is 21.2 Å². The van der Waals surface area contributed by atoms with Gasteiger partial charge in [0.05, 0.1) is 6.54 Å². The summed E-state index contributed by atoms with van der Waals surface area (Å²) in [5.74, 6) is 1.32. The van der Waals surface area contributed by atoms with Crippen molar-refractivity contribution in [2.45, 2.75) is 6.54 Å². The Bertz CT molecular complexity index is 496. The topological polar surface area (TPSA) is 25.2 Å². The van der Waals surface area contributed by atoms with Gasteiger partial charge in [0.2, 0.25) is 0 Å². The minimum Gasteiger partial charge on any atom is -0.460 e. The summed E-state index contributed by atoms with van der Waals surface area (Å²) in [4.78, 5) is 0. The highest BCUT2D eigenvalue weighted by atomic mass is 79.9. The van der Waals surface area contributed by atoms with Crippen LogP contribution in [0.2, 0.25) is 0 Å². The Hall–Kier alpha value is -1.13. The summed E-state index contributed by atoms with van der Waals surface area (Å²) in [5.41, 5.74) is 0.851. The fourth-order valence-corrected chi connectivity index (χ4v) is 2.03. The van der Waals surface area contributed by atoms with Crippen LogP contribution in [-0.2, 0) is 6.54 Å². The number of furan rings is 1. The third kappa shape index (κ3) is 2.33. The molecule has 0 amide bonds. The van der Waals surface area contributed by atoms with Gasteiger partial charge < -0.3 is 9.73 Å².